The van der Waals surface area contributed by atoms with Gasteiger partial charge in [-0.15, -0.1) is 10.2 Å². The van der Waals surface area contributed by atoms with E-state index in [-0.39, 0.29) is 5.82 Å². The van der Waals surface area contributed by atoms with Gasteiger partial charge in [0.1, 0.15) is 15.8 Å². The maximum atomic E-state index is 13.3. The van der Waals surface area contributed by atoms with Crippen LogP contribution in [0.2, 0.25) is 0 Å². The lowest BCUT2D eigenvalue weighted by Crippen LogP contribution is -2.22. The number of halogens is 1. The summed E-state index contributed by atoms with van der Waals surface area (Å²) >= 11 is 1.54. The summed E-state index contributed by atoms with van der Waals surface area (Å²) in [6, 6.07) is 4.77. The molecule has 0 fully saturated rings. The maximum absolute atomic E-state index is 13.3. The lowest BCUT2D eigenvalue weighted by Gasteiger charge is -2.05. The second-order valence-electron chi connectivity index (χ2n) is 5.31. The van der Waals surface area contributed by atoms with Crippen molar-refractivity contribution >= 4 is 11.3 Å². The molecular weight excluding hydrogens is 273 g/mol. The Balaban J connectivity index is 2.00. The van der Waals surface area contributed by atoms with Gasteiger partial charge in [0.2, 0.25) is 0 Å². The Hall–Kier alpha value is -1.33. The molecule has 0 amide bonds. The lowest BCUT2D eigenvalue weighted by molar-refractivity contribution is 0.553. The quantitative estimate of drug-likeness (QED) is 0.829. The zero-order valence-corrected chi connectivity index (χ0v) is 12.9. The predicted octanol–water partition coefficient (Wildman–Crippen LogP) is 3.44. The van der Waals surface area contributed by atoms with Crippen molar-refractivity contribution in [3.63, 3.8) is 0 Å². The van der Waals surface area contributed by atoms with Gasteiger partial charge in [0.25, 0.3) is 0 Å². The van der Waals surface area contributed by atoms with E-state index in [4.69, 9.17) is 0 Å². The van der Waals surface area contributed by atoms with Gasteiger partial charge >= 0.3 is 0 Å². The second kappa shape index (κ2) is 6.90. The molecule has 0 aliphatic rings. The molecule has 0 radical (unpaired) electrons. The lowest BCUT2D eigenvalue weighted by atomic mass is 10.1. The summed E-state index contributed by atoms with van der Waals surface area (Å²) in [6.45, 7) is 8.23. The third kappa shape index (κ3) is 4.08. The third-order valence-corrected chi connectivity index (χ3v) is 3.98. The Bertz CT molecular complexity index is 566. The summed E-state index contributed by atoms with van der Waals surface area (Å²) in [7, 11) is 0. The number of aryl methyl sites for hydroxylation is 1. The number of nitrogens with zero attached hydrogens (tertiary/aromatic N) is 2. The molecule has 1 heterocycles. The monoisotopic (exact) mass is 293 g/mol. The summed E-state index contributed by atoms with van der Waals surface area (Å²) in [5.41, 5.74) is 1.86. The average molecular weight is 293 g/mol. The van der Waals surface area contributed by atoms with E-state index >= 15 is 0 Å². The molecule has 0 saturated heterocycles. The fraction of sp³-hybridized carbons (Fsp3) is 0.467. The summed E-state index contributed by atoms with van der Waals surface area (Å²) in [5, 5.41) is 13.5. The van der Waals surface area contributed by atoms with Crippen LogP contribution in [0, 0.1) is 18.7 Å². The van der Waals surface area contributed by atoms with Gasteiger partial charge in [0, 0.05) is 18.5 Å². The Kier molecular flexibility index (Phi) is 5.20. The van der Waals surface area contributed by atoms with Crippen molar-refractivity contribution in [3.05, 3.63) is 34.6 Å². The molecule has 1 aromatic heterocycles. The molecule has 0 bridgehead atoms. The minimum Gasteiger partial charge on any atom is -0.316 e. The van der Waals surface area contributed by atoms with E-state index in [9.17, 15) is 4.39 Å². The number of hydrogen-bond acceptors (Lipinski definition) is 4. The van der Waals surface area contributed by atoms with Crippen molar-refractivity contribution in [3.8, 4) is 10.6 Å². The normalized spacial score (nSPS) is 11.2. The SMILES string of the molecule is Cc1ccc(F)cc1-c1nnc(CCNCC(C)C)s1. The number of aromatic nitrogens is 2. The van der Waals surface area contributed by atoms with Crippen LogP contribution in [0.15, 0.2) is 18.2 Å². The largest absolute Gasteiger partial charge is 0.316 e. The van der Waals surface area contributed by atoms with Crippen molar-refractivity contribution in [2.24, 2.45) is 5.92 Å². The first-order valence-electron chi connectivity index (χ1n) is 6.86. The fourth-order valence-electron chi connectivity index (χ4n) is 1.87. The van der Waals surface area contributed by atoms with Crippen LogP contribution in [0.25, 0.3) is 10.6 Å². The van der Waals surface area contributed by atoms with Crippen LogP contribution in [0.1, 0.15) is 24.4 Å². The number of nitrogens with one attached hydrogen (secondary N) is 1. The average Bonchev–Trinajstić information content (AvgIpc) is 2.86. The summed E-state index contributed by atoms with van der Waals surface area (Å²) < 4.78 is 13.3. The predicted molar refractivity (Wildman–Crippen MR) is 81.5 cm³/mol. The van der Waals surface area contributed by atoms with Crippen molar-refractivity contribution in [2.75, 3.05) is 13.1 Å². The number of rotatable bonds is 6. The van der Waals surface area contributed by atoms with Gasteiger partial charge in [-0.05, 0) is 37.1 Å². The van der Waals surface area contributed by atoms with Crippen molar-refractivity contribution in [1.82, 2.24) is 15.5 Å². The molecule has 0 atom stereocenters. The Morgan fingerprint density at radius 3 is 2.85 bits per heavy atom. The molecule has 108 valence electrons. The maximum Gasteiger partial charge on any atom is 0.148 e. The van der Waals surface area contributed by atoms with Gasteiger partial charge in [0.15, 0.2) is 0 Å². The van der Waals surface area contributed by atoms with E-state index in [0.717, 1.165) is 40.7 Å². The molecule has 2 aromatic rings. The highest BCUT2D eigenvalue weighted by atomic mass is 32.1. The molecule has 0 aliphatic carbocycles. The van der Waals surface area contributed by atoms with E-state index in [0.29, 0.717) is 5.92 Å². The van der Waals surface area contributed by atoms with Crippen molar-refractivity contribution in [1.29, 1.82) is 0 Å². The van der Waals surface area contributed by atoms with E-state index in [1.807, 2.05) is 6.92 Å². The Labute approximate surface area is 123 Å². The number of benzene rings is 1. The minimum atomic E-state index is -0.235. The Morgan fingerprint density at radius 1 is 1.30 bits per heavy atom. The van der Waals surface area contributed by atoms with Crippen LogP contribution in [0.4, 0.5) is 4.39 Å². The van der Waals surface area contributed by atoms with Gasteiger partial charge in [-0.2, -0.15) is 0 Å². The topological polar surface area (TPSA) is 37.8 Å². The fourth-order valence-corrected chi connectivity index (χ4v) is 2.79. The van der Waals surface area contributed by atoms with E-state index in [1.165, 1.54) is 23.5 Å². The molecule has 0 aliphatic heterocycles. The van der Waals surface area contributed by atoms with Gasteiger partial charge in [-0.1, -0.05) is 31.3 Å². The van der Waals surface area contributed by atoms with Crippen molar-refractivity contribution in [2.45, 2.75) is 27.2 Å². The standard InChI is InChI=1S/C15H20FN3S/c1-10(2)9-17-7-6-14-18-19-15(20-14)13-8-12(16)5-4-11(13)3/h4-5,8,10,17H,6-7,9H2,1-3H3. The van der Waals surface area contributed by atoms with E-state index in [2.05, 4.69) is 29.4 Å². The molecule has 1 aromatic carbocycles. The highest BCUT2D eigenvalue weighted by molar-refractivity contribution is 7.14. The van der Waals surface area contributed by atoms with E-state index < -0.39 is 0 Å². The van der Waals surface area contributed by atoms with Gasteiger partial charge < -0.3 is 5.32 Å². The van der Waals surface area contributed by atoms with E-state index in [1.54, 1.807) is 6.07 Å². The molecule has 1 N–H and O–H groups in total. The highest BCUT2D eigenvalue weighted by Crippen LogP contribution is 2.27. The molecule has 3 nitrogen and oxygen atoms in total. The zero-order valence-electron chi connectivity index (χ0n) is 12.1. The molecule has 5 heteroatoms. The Morgan fingerprint density at radius 2 is 2.10 bits per heavy atom. The smallest absolute Gasteiger partial charge is 0.148 e. The number of hydrogen-bond donors (Lipinski definition) is 1. The van der Waals surface area contributed by atoms with Gasteiger partial charge in [0.05, 0.1) is 0 Å². The molecular formula is C15H20FN3S. The summed E-state index contributed by atoms with van der Waals surface area (Å²) in [5.74, 6) is 0.413. The summed E-state index contributed by atoms with van der Waals surface area (Å²) in [4.78, 5) is 0. The van der Waals surface area contributed by atoms with Gasteiger partial charge in [-0.3, -0.25) is 0 Å². The minimum absolute atomic E-state index is 0.235. The molecule has 0 spiro atoms. The molecule has 2 rings (SSSR count). The second-order valence-corrected chi connectivity index (χ2v) is 6.37. The first kappa shape index (κ1) is 15.1. The van der Waals surface area contributed by atoms with Crippen LogP contribution in [0.5, 0.6) is 0 Å². The third-order valence-electron chi connectivity index (χ3n) is 2.97. The van der Waals surface area contributed by atoms with Crippen LogP contribution in [-0.4, -0.2) is 23.3 Å². The van der Waals surface area contributed by atoms with Crippen LogP contribution in [0.3, 0.4) is 0 Å². The van der Waals surface area contributed by atoms with Crippen LogP contribution < -0.4 is 5.32 Å². The van der Waals surface area contributed by atoms with Gasteiger partial charge in [-0.25, -0.2) is 4.39 Å². The van der Waals surface area contributed by atoms with Crippen LogP contribution >= 0.6 is 11.3 Å². The van der Waals surface area contributed by atoms with Crippen molar-refractivity contribution < 1.29 is 4.39 Å². The first-order valence-corrected chi connectivity index (χ1v) is 7.67. The zero-order chi connectivity index (χ0) is 14.5. The molecule has 0 saturated carbocycles. The highest BCUT2D eigenvalue weighted by Gasteiger charge is 2.10. The van der Waals surface area contributed by atoms with Crippen LogP contribution in [-0.2, 0) is 6.42 Å². The summed E-state index contributed by atoms with van der Waals surface area (Å²) in [6.07, 6.45) is 0.860. The molecule has 20 heavy (non-hydrogen) atoms. The molecule has 0 unspecified atom stereocenters. The first-order chi connectivity index (χ1) is 9.56.